The predicted octanol–water partition coefficient (Wildman–Crippen LogP) is 3.48. The fraction of sp³-hybridized carbons (Fsp3) is 0.231. The van der Waals surface area contributed by atoms with E-state index in [0.717, 1.165) is 40.5 Å². The Morgan fingerprint density at radius 1 is 1.03 bits per heavy atom. The van der Waals surface area contributed by atoms with Gasteiger partial charge in [0.2, 0.25) is 10.9 Å². The molecular formula is C26H25N5O2S. The highest BCUT2D eigenvalue weighted by Crippen LogP contribution is 2.25. The lowest BCUT2D eigenvalue weighted by Gasteiger charge is -2.34. The Kier molecular flexibility index (Phi) is 6.33. The molecule has 4 aromatic rings. The van der Waals surface area contributed by atoms with Gasteiger partial charge in [0, 0.05) is 50.4 Å². The minimum Gasteiger partial charge on any atom is -0.337 e. The number of hydrogen-bond donors (Lipinski definition) is 0. The Hall–Kier alpha value is -3.62. The first kappa shape index (κ1) is 22.2. The van der Waals surface area contributed by atoms with Crippen molar-refractivity contribution in [3.05, 3.63) is 93.9 Å². The summed E-state index contributed by atoms with van der Waals surface area (Å²) in [5.74, 6) is 0.0228. The topological polar surface area (TPSA) is 70.8 Å². The molecule has 2 aromatic carbocycles. The molecular weight excluding hydrogens is 446 g/mol. The van der Waals surface area contributed by atoms with Crippen molar-refractivity contribution in [2.75, 3.05) is 26.2 Å². The number of piperazine rings is 1. The van der Waals surface area contributed by atoms with Crippen LogP contribution in [0, 0.1) is 6.92 Å². The molecule has 1 saturated heterocycles. The molecule has 0 radical (unpaired) electrons. The highest BCUT2D eigenvalue weighted by atomic mass is 32.1. The van der Waals surface area contributed by atoms with Gasteiger partial charge < -0.3 is 4.90 Å². The van der Waals surface area contributed by atoms with Crippen LogP contribution < -0.4 is 5.56 Å². The van der Waals surface area contributed by atoms with E-state index in [4.69, 9.17) is 4.98 Å². The zero-order valence-electron chi connectivity index (χ0n) is 18.9. The van der Waals surface area contributed by atoms with Crippen molar-refractivity contribution in [3.8, 4) is 10.6 Å². The summed E-state index contributed by atoms with van der Waals surface area (Å²) in [6.07, 6.45) is 3.48. The third-order valence-electron chi connectivity index (χ3n) is 5.85. The van der Waals surface area contributed by atoms with Crippen molar-refractivity contribution >= 4 is 28.3 Å². The summed E-state index contributed by atoms with van der Waals surface area (Å²) in [6, 6.07) is 19.4. The van der Waals surface area contributed by atoms with E-state index in [1.165, 1.54) is 15.9 Å². The monoisotopic (exact) mass is 471 g/mol. The van der Waals surface area contributed by atoms with Crippen LogP contribution in [0.25, 0.3) is 21.6 Å². The summed E-state index contributed by atoms with van der Waals surface area (Å²) < 4.78 is 1.38. The molecule has 172 valence electrons. The lowest BCUT2D eigenvalue weighted by Crippen LogP contribution is -2.48. The average molecular weight is 472 g/mol. The smallest absolute Gasteiger partial charge is 0.275 e. The maximum Gasteiger partial charge on any atom is 0.275 e. The number of amides is 1. The van der Waals surface area contributed by atoms with Gasteiger partial charge in [0.1, 0.15) is 5.01 Å². The fourth-order valence-electron chi connectivity index (χ4n) is 4.02. The molecule has 0 unspecified atom stereocenters. The van der Waals surface area contributed by atoms with E-state index in [-0.39, 0.29) is 11.5 Å². The quantitative estimate of drug-likeness (QED) is 0.417. The number of carbonyl (C=O) groups is 1. The molecule has 2 aromatic heterocycles. The molecule has 7 nitrogen and oxygen atoms in total. The molecule has 1 fully saturated rings. The van der Waals surface area contributed by atoms with Gasteiger partial charge in [-0.2, -0.15) is 9.61 Å². The average Bonchev–Trinajstić information content (AvgIpc) is 3.29. The Bertz CT molecular complexity index is 1400. The first-order valence-corrected chi connectivity index (χ1v) is 12.1. The van der Waals surface area contributed by atoms with Crippen molar-refractivity contribution in [2.24, 2.45) is 0 Å². The van der Waals surface area contributed by atoms with Crippen LogP contribution in [0.1, 0.15) is 16.8 Å². The predicted molar refractivity (Wildman–Crippen MR) is 135 cm³/mol. The molecule has 3 heterocycles. The molecule has 0 aliphatic carbocycles. The molecule has 1 amide bonds. The standard InChI is InChI=1S/C26H25N5O2S/c1-19-6-5-9-21(16-19)25-28-31-24(33)17-22(27-26(31)34-25)18-29-12-14-30(15-13-29)23(32)11-10-20-7-3-2-4-8-20/h2-11,16-17H,12-15,18H2,1H3/b11-10+. The molecule has 34 heavy (non-hydrogen) atoms. The number of fused-ring (bicyclic) bond motifs is 1. The summed E-state index contributed by atoms with van der Waals surface area (Å²) >= 11 is 1.42. The first-order chi connectivity index (χ1) is 16.5. The summed E-state index contributed by atoms with van der Waals surface area (Å²) in [4.78, 5) is 34.6. The van der Waals surface area contributed by atoms with Crippen LogP contribution in [0.3, 0.4) is 0 Å². The van der Waals surface area contributed by atoms with Crippen molar-refractivity contribution in [1.29, 1.82) is 0 Å². The third-order valence-corrected chi connectivity index (χ3v) is 6.81. The van der Waals surface area contributed by atoms with E-state index in [1.54, 1.807) is 12.1 Å². The molecule has 1 aliphatic rings. The lowest BCUT2D eigenvalue weighted by molar-refractivity contribution is -0.127. The van der Waals surface area contributed by atoms with Crippen LogP contribution in [0.2, 0.25) is 0 Å². The van der Waals surface area contributed by atoms with Crippen LogP contribution >= 0.6 is 11.3 Å². The van der Waals surface area contributed by atoms with Crippen molar-refractivity contribution in [1.82, 2.24) is 24.4 Å². The van der Waals surface area contributed by atoms with Crippen molar-refractivity contribution < 1.29 is 4.79 Å². The zero-order valence-corrected chi connectivity index (χ0v) is 19.7. The van der Waals surface area contributed by atoms with Gasteiger partial charge in [-0.15, -0.1) is 0 Å². The van der Waals surface area contributed by atoms with Gasteiger partial charge in [-0.05, 0) is 24.6 Å². The minimum absolute atomic E-state index is 0.0228. The van der Waals surface area contributed by atoms with Gasteiger partial charge in [-0.1, -0.05) is 65.4 Å². The van der Waals surface area contributed by atoms with E-state index < -0.39 is 0 Å². The molecule has 8 heteroatoms. The molecule has 0 atom stereocenters. The molecule has 0 saturated carbocycles. The normalized spacial score (nSPS) is 14.8. The number of aryl methyl sites for hydroxylation is 1. The van der Waals surface area contributed by atoms with Gasteiger partial charge in [-0.25, -0.2) is 4.98 Å². The fourth-order valence-corrected chi connectivity index (χ4v) is 4.94. The minimum atomic E-state index is -0.171. The number of carbonyl (C=O) groups excluding carboxylic acids is 1. The number of aromatic nitrogens is 3. The van der Waals surface area contributed by atoms with E-state index in [1.807, 2.05) is 66.4 Å². The molecule has 0 bridgehead atoms. The third kappa shape index (κ3) is 4.98. The Balaban J connectivity index is 1.23. The highest BCUT2D eigenvalue weighted by Gasteiger charge is 2.21. The van der Waals surface area contributed by atoms with Crippen LogP contribution in [0.15, 0.2) is 71.5 Å². The van der Waals surface area contributed by atoms with Gasteiger partial charge in [0.25, 0.3) is 5.56 Å². The Labute approximate surface area is 201 Å². The van der Waals surface area contributed by atoms with Crippen LogP contribution in [-0.2, 0) is 11.3 Å². The second-order valence-corrected chi connectivity index (χ2v) is 9.36. The molecule has 0 N–H and O–H groups in total. The van der Waals surface area contributed by atoms with Crippen LogP contribution in [-0.4, -0.2) is 56.5 Å². The molecule has 5 rings (SSSR count). The van der Waals surface area contributed by atoms with Gasteiger partial charge in [0.05, 0.1) is 5.69 Å². The van der Waals surface area contributed by atoms with Crippen molar-refractivity contribution in [3.63, 3.8) is 0 Å². The maximum atomic E-state index is 12.7. The van der Waals surface area contributed by atoms with E-state index >= 15 is 0 Å². The van der Waals surface area contributed by atoms with E-state index in [0.29, 0.717) is 24.6 Å². The summed E-state index contributed by atoms with van der Waals surface area (Å²) in [5.41, 5.74) is 3.70. The largest absolute Gasteiger partial charge is 0.337 e. The number of hydrogen-bond acceptors (Lipinski definition) is 6. The van der Waals surface area contributed by atoms with E-state index in [2.05, 4.69) is 16.1 Å². The second kappa shape index (κ2) is 9.70. The lowest BCUT2D eigenvalue weighted by atomic mass is 10.1. The van der Waals surface area contributed by atoms with Crippen LogP contribution in [0.5, 0.6) is 0 Å². The summed E-state index contributed by atoms with van der Waals surface area (Å²) in [7, 11) is 0. The maximum absolute atomic E-state index is 12.7. The number of benzene rings is 2. The van der Waals surface area contributed by atoms with Gasteiger partial charge in [-0.3, -0.25) is 14.5 Å². The molecule has 1 aliphatic heterocycles. The number of nitrogens with zero attached hydrogens (tertiary/aromatic N) is 5. The Morgan fingerprint density at radius 3 is 2.59 bits per heavy atom. The first-order valence-electron chi connectivity index (χ1n) is 11.3. The van der Waals surface area contributed by atoms with Crippen LogP contribution in [0.4, 0.5) is 0 Å². The summed E-state index contributed by atoms with van der Waals surface area (Å²) in [6.45, 7) is 5.39. The zero-order chi connectivity index (χ0) is 23.5. The highest BCUT2D eigenvalue weighted by molar-refractivity contribution is 7.19. The second-order valence-electron chi connectivity index (χ2n) is 8.40. The van der Waals surface area contributed by atoms with Gasteiger partial charge in [0.15, 0.2) is 0 Å². The van der Waals surface area contributed by atoms with Crippen molar-refractivity contribution in [2.45, 2.75) is 13.5 Å². The number of rotatable bonds is 5. The van der Waals surface area contributed by atoms with Gasteiger partial charge >= 0.3 is 0 Å². The SMILES string of the molecule is Cc1cccc(-c2nn3c(=O)cc(CN4CCN(C(=O)/C=C/c5ccccc5)CC4)nc3s2)c1. The Morgan fingerprint density at radius 2 is 1.82 bits per heavy atom. The van der Waals surface area contributed by atoms with E-state index in [9.17, 15) is 9.59 Å². The summed E-state index contributed by atoms with van der Waals surface area (Å²) in [5, 5.41) is 5.26. The molecule has 0 spiro atoms.